The van der Waals surface area contributed by atoms with Gasteiger partial charge in [0.25, 0.3) is 11.5 Å². The van der Waals surface area contributed by atoms with Gasteiger partial charge >= 0.3 is 0 Å². The van der Waals surface area contributed by atoms with Crippen LogP contribution in [0.3, 0.4) is 0 Å². The zero-order chi connectivity index (χ0) is 15.3. The lowest BCUT2D eigenvalue weighted by molar-refractivity contribution is 0.0737. The maximum atomic E-state index is 12.5. The Morgan fingerprint density at radius 3 is 3.00 bits per heavy atom. The number of carbonyl (C=O) groups is 1. The van der Waals surface area contributed by atoms with Gasteiger partial charge in [-0.3, -0.25) is 14.7 Å². The van der Waals surface area contributed by atoms with Crippen LogP contribution >= 0.6 is 22.9 Å². The van der Waals surface area contributed by atoms with Gasteiger partial charge in [-0.2, -0.15) is 0 Å². The van der Waals surface area contributed by atoms with Gasteiger partial charge in [-0.1, -0.05) is 11.6 Å². The Kier molecular flexibility index (Phi) is 3.05. The summed E-state index contributed by atoms with van der Waals surface area (Å²) in [5, 5.41) is 2.84. The van der Waals surface area contributed by atoms with Crippen LogP contribution in [0.25, 0.3) is 5.65 Å². The number of H-pyrrole nitrogens is 1. The Labute approximate surface area is 133 Å². The molecule has 1 N–H and O–H groups in total. The van der Waals surface area contributed by atoms with Crippen molar-refractivity contribution in [1.82, 2.24) is 19.5 Å². The second-order valence-electron chi connectivity index (χ2n) is 5.08. The first-order valence-corrected chi connectivity index (χ1v) is 7.95. The van der Waals surface area contributed by atoms with Gasteiger partial charge in [0, 0.05) is 25.2 Å². The van der Waals surface area contributed by atoms with Crippen molar-refractivity contribution in [3.63, 3.8) is 0 Å². The zero-order valence-electron chi connectivity index (χ0n) is 11.4. The molecular formula is C14H11ClN4O2S. The van der Waals surface area contributed by atoms with Crippen LogP contribution in [-0.2, 0) is 13.0 Å². The van der Waals surface area contributed by atoms with E-state index in [2.05, 4.69) is 10.1 Å². The highest BCUT2D eigenvalue weighted by Crippen LogP contribution is 2.24. The highest BCUT2D eigenvalue weighted by molar-refractivity contribution is 7.17. The van der Waals surface area contributed by atoms with Crippen molar-refractivity contribution >= 4 is 34.5 Å². The van der Waals surface area contributed by atoms with E-state index in [-0.39, 0.29) is 18.0 Å². The number of hydrogen-bond donors (Lipinski definition) is 1. The van der Waals surface area contributed by atoms with Crippen LogP contribution in [0.4, 0.5) is 0 Å². The molecule has 3 aromatic rings. The summed E-state index contributed by atoms with van der Waals surface area (Å²) in [6, 6.07) is 5.17. The van der Waals surface area contributed by atoms with E-state index in [1.807, 2.05) is 0 Å². The zero-order valence-corrected chi connectivity index (χ0v) is 12.9. The summed E-state index contributed by atoms with van der Waals surface area (Å²) in [5.74, 6) is -0.0986. The molecule has 0 aliphatic carbocycles. The van der Waals surface area contributed by atoms with E-state index < -0.39 is 0 Å². The Bertz CT molecular complexity index is 942. The maximum Gasteiger partial charge on any atom is 0.277 e. The summed E-state index contributed by atoms with van der Waals surface area (Å²) >= 11 is 7.13. The van der Waals surface area contributed by atoms with Crippen molar-refractivity contribution in [3.8, 4) is 0 Å². The number of aromatic amines is 1. The van der Waals surface area contributed by atoms with Gasteiger partial charge in [0.1, 0.15) is 0 Å². The van der Waals surface area contributed by atoms with Gasteiger partial charge in [0.15, 0.2) is 5.65 Å². The van der Waals surface area contributed by atoms with Gasteiger partial charge in [0.05, 0.1) is 27.0 Å². The molecule has 1 aliphatic heterocycles. The fourth-order valence-electron chi connectivity index (χ4n) is 2.68. The van der Waals surface area contributed by atoms with Gasteiger partial charge in [-0.15, -0.1) is 11.3 Å². The quantitative estimate of drug-likeness (QED) is 0.739. The summed E-state index contributed by atoms with van der Waals surface area (Å²) < 4.78 is 1.98. The molecule has 0 spiro atoms. The fourth-order valence-corrected chi connectivity index (χ4v) is 3.69. The van der Waals surface area contributed by atoms with Crippen molar-refractivity contribution in [1.29, 1.82) is 0 Å². The second kappa shape index (κ2) is 4.96. The van der Waals surface area contributed by atoms with E-state index in [1.54, 1.807) is 29.3 Å². The summed E-state index contributed by atoms with van der Waals surface area (Å²) in [4.78, 5) is 31.7. The lowest BCUT2D eigenvalue weighted by Crippen LogP contribution is -2.40. The molecule has 0 atom stereocenters. The Hall–Kier alpha value is -2.12. The van der Waals surface area contributed by atoms with Crippen molar-refractivity contribution in [2.45, 2.75) is 13.0 Å². The second-order valence-corrected chi connectivity index (χ2v) is 6.79. The number of nitrogens with zero attached hydrogens (tertiary/aromatic N) is 3. The molecule has 6 nitrogen and oxygen atoms in total. The molecule has 8 heteroatoms. The van der Waals surface area contributed by atoms with Crippen LogP contribution in [0.1, 0.15) is 20.9 Å². The molecule has 0 bridgehead atoms. The molecule has 3 aromatic heterocycles. The number of rotatable bonds is 1. The molecular weight excluding hydrogens is 324 g/mol. The van der Waals surface area contributed by atoms with Crippen molar-refractivity contribution in [2.24, 2.45) is 0 Å². The lowest BCUT2D eigenvalue weighted by Gasteiger charge is -2.27. The molecule has 4 rings (SSSR count). The first kappa shape index (κ1) is 13.5. The van der Waals surface area contributed by atoms with E-state index in [1.165, 1.54) is 15.9 Å². The van der Waals surface area contributed by atoms with Crippen LogP contribution in [-0.4, -0.2) is 31.9 Å². The first-order valence-electron chi connectivity index (χ1n) is 6.76. The van der Waals surface area contributed by atoms with Gasteiger partial charge in [0.2, 0.25) is 0 Å². The normalized spacial score (nSPS) is 14.3. The minimum absolute atomic E-state index is 0.0986. The molecule has 0 fully saturated rings. The van der Waals surface area contributed by atoms with Crippen LogP contribution in [0.5, 0.6) is 0 Å². The Morgan fingerprint density at radius 1 is 1.36 bits per heavy atom. The topological polar surface area (TPSA) is 70.5 Å². The lowest BCUT2D eigenvalue weighted by atomic mass is 10.1. The molecule has 0 saturated heterocycles. The maximum absolute atomic E-state index is 12.5. The van der Waals surface area contributed by atoms with Crippen LogP contribution < -0.4 is 5.56 Å². The molecule has 1 aliphatic rings. The van der Waals surface area contributed by atoms with Crippen LogP contribution in [0.15, 0.2) is 29.2 Å². The minimum atomic E-state index is -0.147. The van der Waals surface area contributed by atoms with E-state index in [0.29, 0.717) is 33.4 Å². The number of aromatic nitrogens is 3. The molecule has 0 aromatic carbocycles. The molecule has 22 heavy (non-hydrogen) atoms. The molecule has 0 saturated carbocycles. The Morgan fingerprint density at radius 2 is 2.23 bits per heavy atom. The summed E-state index contributed by atoms with van der Waals surface area (Å²) in [7, 11) is 0. The van der Waals surface area contributed by atoms with E-state index in [0.717, 1.165) is 5.69 Å². The predicted molar refractivity (Wildman–Crippen MR) is 83.6 cm³/mol. The SMILES string of the molecule is O=C(c1ccc(Cl)s1)N1CCc2nc3cc[nH]n3c(=O)c2C1. The number of amides is 1. The number of thiophene rings is 1. The third-order valence-corrected chi connectivity index (χ3v) is 4.98. The largest absolute Gasteiger partial charge is 0.333 e. The average molecular weight is 335 g/mol. The highest BCUT2D eigenvalue weighted by Gasteiger charge is 2.26. The van der Waals surface area contributed by atoms with Crippen LogP contribution in [0, 0.1) is 0 Å². The third kappa shape index (κ3) is 2.05. The van der Waals surface area contributed by atoms with Crippen molar-refractivity contribution in [3.05, 3.63) is 55.2 Å². The molecule has 4 heterocycles. The predicted octanol–water partition coefficient (Wildman–Crippen LogP) is 1.94. The fraction of sp³-hybridized carbons (Fsp3) is 0.214. The molecule has 112 valence electrons. The molecule has 1 amide bonds. The van der Waals surface area contributed by atoms with Crippen LogP contribution in [0.2, 0.25) is 4.34 Å². The average Bonchev–Trinajstić information content (AvgIpc) is 3.15. The number of carbonyl (C=O) groups excluding carboxylic acids is 1. The summed E-state index contributed by atoms with van der Waals surface area (Å²) in [6.07, 6.45) is 2.25. The number of hydrogen-bond acceptors (Lipinski definition) is 4. The number of halogens is 1. The first-order chi connectivity index (χ1) is 10.6. The molecule has 0 radical (unpaired) electrons. The monoisotopic (exact) mass is 334 g/mol. The van der Waals surface area contributed by atoms with Gasteiger partial charge in [-0.25, -0.2) is 9.50 Å². The molecule has 0 unspecified atom stereocenters. The minimum Gasteiger partial charge on any atom is -0.333 e. The van der Waals surface area contributed by atoms with Crippen molar-refractivity contribution in [2.75, 3.05) is 6.54 Å². The highest BCUT2D eigenvalue weighted by atomic mass is 35.5. The standard InChI is InChI=1S/C14H11ClN4O2S/c15-11-2-1-10(22-11)14(21)18-6-4-9-8(7-18)13(20)19-12(17-9)3-5-16-19/h1-3,5,16H,4,6-7H2. The van der Waals surface area contributed by atoms with Gasteiger partial charge in [-0.05, 0) is 12.1 Å². The van der Waals surface area contributed by atoms with Crippen molar-refractivity contribution < 1.29 is 4.79 Å². The summed E-state index contributed by atoms with van der Waals surface area (Å²) in [5.41, 5.74) is 1.81. The smallest absolute Gasteiger partial charge is 0.277 e. The third-order valence-electron chi connectivity index (χ3n) is 3.76. The Balaban J connectivity index is 1.71. The van der Waals surface area contributed by atoms with E-state index in [4.69, 9.17) is 11.6 Å². The van der Waals surface area contributed by atoms with E-state index >= 15 is 0 Å². The van der Waals surface area contributed by atoms with Gasteiger partial charge < -0.3 is 4.90 Å². The summed E-state index contributed by atoms with van der Waals surface area (Å²) in [6.45, 7) is 0.825. The number of fused-ring (bicyclic) bond motifs is 2. The van der Waals surface area contributed by atoms with E-state index in [9.17, 15) is 9.59 Å². The number of nitrogens with one attached hydrogen (secondary N) is 1.